The summed E-state index contributed by atoms with van der Waals surface area (Å²) in [6.45, 7) is -3.02. The highest BCUT2D eigenvalue weighted by atomic mass is 19.3. The van der Waals surface area contributed by atoms with E-state index in [1.54, 1.807) is 42.5 Å². The average Bonchev–Trinajstić information content (AvgIpc) is 2.53. The Morgan fingerprint density at radius 3 is 2.70 bits per heavy atom. The van der Waals surface area contributed by atoms with Crippen LogP contribution in [0.3, 0.4) is 0 Å². The van der Waals surface area contributed by atoms with Gasteiger partial charge in [0.15, 0.2) is 0 Å². The Balaban J connectivity index is 1.94. The van der Waals surface area contributed by atoms with E-state index in [-0.39, 0.29) is 18.2 Å². The molecule has 122 valence electrons. The number of anilines is 2. The Kier molecular flexibility index (Phi) is 5.74. The van der Waals surface area contributed by atoms with Crippen LogP contribution in [0.5, 0.6) is 11.5 Å². The van der Waals surface area contributed by atoms with Crippen molar-refractivity contribution in [1.29, 1.82) is 0 Å². The molecule has 5 nitrogen and oxygen atoms in total. The molecule has 2 rings (SSSR count). The summed E-state index contributed by atoms with van der Waals surface area (Å²) in [7, 11) is 1.53. The number of ether oxygens (including phenoxy) is 2. The quantitative estimate of drug-likeness (QED) is 0.821. The first-order valence-electron chi connectivity index (χ1n) is 6.80. The molecule has 23 heavy (non-hydrogen) atoms. The van der Waals surface area contributed by atoms with E-state index in [2.05, 4.69) is 15.4 Å². The molecular weight excluding hydrogens is 306 g/mol. The predicted molar refractivity (Wildman–Crippen MR) is 83.2 cm³/mol. The molecule has 0 aliphatic carbocycles. The van der Waals surface area contributed by atoms with Gasteiger partial charge in [-0.2, -0.15) is 8.78 Å². The molecule has 0 aliphatic rings. The molecule has 0 aromatic heterocycles. The summed E-state index contributed by atoms with van der Waals surface area (Å²) in [4.78, 5) is 11.9. The van der Waals surface area contributed by atoms with Crippen molar-refractivity contribution in [1.82, 2.24) is 0 Å². The van der Waals surface area contributed by atoms with E-state index in [0.717, 1.165) is 0 Å². The summed E-state index contributed by atoms with van der Waals surface area (Å²) in [5.41, 5.74) is 0.891. The number of methoxy groups -OCH3 is 1. The molecule has 2 aromatic carbocycles. The monoisotopic (exact) mass is 322 g/mol. The van der Waals surface area contributed by atoms with Crippen molar-refractivity contribution in [3.05, 3.63) is 48.5 Å². The van der Waals surface area contributed by atoms with Gasteiger partial charge < -0.3 is 20.1 Å². The number of rotatable bonds is 7. The number of para-hydroxylation sites is 2. The summed E-state index contributed by atoms with van der Waals surface area (Å²) in [5, 5.41) is 5.44. The first kappa shape index (κ1) is 16.5. The lowest BCUT2D eigenvalue weighted by Gasteiger charge is -2.12. The van der Waals surface area contributed by atoms with E-state index in [1.807, 2.05) is 0 Å². The summed E-state index contributed by atoms with van der Waals surface area (Å²) < 4.78 is 34.1. The van der Waals surface area contributed by atoms with Gasteiger partial charge in [0.25, 0.3) is 0 Å². The Morgan fingerprint density at radius 1 is 1.17 bits per heavy atom. The van der Waals surface area contributed by atoms with E-state index < -0.39 is 6.61 Å². The minimum atomic E-state index is -2.93. The molecular formula is C16H16F2N2O3. The van der Waals surface area contributed by atoms with E-state index in [0.29, 0.717) is 17.1 Å². The number of alkyl halides is 2. The third-order valence-electron chi connectivity index (χ3n) is 2.90. The molecule has 1 amide bonds. The Labute approximate surface area is 132 Å². The van der Waals surface area contributed by atoms with Crippen LogP contribution < -0.4 is 20.1 Å². The van der Waals surface area contributed by atoms with Crippen LogP contribution in [0.2, 0.25) is 0 Å². The summed E-state index contributed by atoms with van der Waals surface area (Å²) >= 11 is 0. The summed E-state index contributed by atoms with van der Waals surface area (Å²) in [6.07, 6.45) is 0. The number of halogens is 2. The third kappa shape index (κ3) is 5.14. The lowest BCUT2D eigenvalue weighted by molar-refractivity contribution is -0.114. The zero-order valence-electron chi connectivity index (χ0n) is 12.4. The summed E-state index contributed by atoms with van der Waals surface area (Å²) in [6, 6.07) is 13.1. The largest absolute Gasteiger partial charge is 0.497 e. The zero-order chi connectivity index (χ0) is 16.7. The lowest BCUT2D eigenvalue weighted by atomic mass is 10.3. The first-order chi connectivity index (χ1) is 11.1. The smallest absolute Gasteiger partial charge is 0.387 e. The second-order valence-corrected chi connectivity index (χ2v) is 4.51. The maximum Gasteiger partial charge on any atom is 0.387 e. The van der Waals surface area contributed by atoms with Gasteiger partial charge in [-0.15, -0.1) is 0 Å². The molecule has 2 aromatic rings. The normalized spacial score (nSPS) is 10.3. The molecule has 0 heterocycles. The molecule has 0 radical (unpaired) electrons. The van der Waals surface area contributed by atoms with Crippen molar-refractivity contribution >= 4 is 17.3 Å². The van der Waals surface area contributed by atoms with Gasteiger partial charge in [-0.1, -0.05) is 18.2 Å². The first-order valence-corrected chi connectivity index (χ1v) is 6.80. The Hall–Kier alpha value is -2.83. The third-order valence-corrected chi connectivity index (χ3v) is 2.90. The van der Waals surface area contributed by atoms with E-state index in [4.69, 9.17) is 4.74 Å². The van der Waals surface area contributed by atoms with Crippen LogP contribution in [0.25, 0.3) is 0 Å². The Bertz CT molecular complexity index is 665. The number of hydrogen-bond donors (Lipinski definition) is 2. The maximum absolute atomic E-state index is 12.3. The van der Waals surface area contributed by atoms with Crippen LogP contribution in [0, 0.1) is 0 Å². The van der Waals surface area contributed by atoms with Crippen LogP contribution in [0.1, 0.15) is 0 Å². The van der Waals surface area contributed by atoms with Crippen LogP contribution >= 0.6 is 0 Å². The SMILES string of the molecule is COc1cccc(NC(=O)CNc2ccccc2OC(F)F)c1. The van der Waals surface area contributed by atoms with Gasteiger partial charge in [0.2, 0.25) is 5.91 Å². The topological polar surface area (TPSA) is 59.6 Å². The van der Waals surface area contributed by atoms with Gasteiger partial charge in [-0.3, -0.25) is 4.79 Å². The highest BCUT2D eigenvalue weighted by molar-refractivity contribution is 5.94. The van der Waals surface area contributed by atoms with Crippen LogP contribution in [0.15, 0.2) is 48.5 Å². The fraction of sp³-hybridized carbons (Fsp3) is 0.188. The molecule has 0 atom stereocenters. The van der Waals surface area contributed by atoms with Gasteiger partial charge in [-0.05, 0) is 24.3 Å². The summed E-state index contributed by atoms with van der Waals surface area (Å²) in [5.74, 6) is 0.272. The van der Waals surface area contributed by atoms with Gasteiger partial charge in [0.05, 0.1) is 19.3 Å². The number of nitrogens with one attached hydrogen (secondary N) is 2. The zero-order valence-corrected chi connectivity index (χ0v) is 12.4. The number of benzene rings is 2. The number of carbonyl (C=O) groups is 1. The molecule has 0 unspecified atom stereocenters. The van der Waals surface area contributed by atoms with E-state index in [9.17, 15) is 13.6 Å². The lowest BCUT2D eigenvalue weighted by Crippen LogP contribution is -2.22. The molecule has 0 saturated heterocycles. The Morgan fingerprint density at radius 2 is 1.96 bits per heavy atom. The standard InChI is InChI=1S/C16H16F2N2O3/c1-22-12-6-4-5-11(9-12)20-15(21)10-19-13-7-2-3-8-14(13)23-16(17)18/h2-9,16,19H,10H2,1H3,(H,20,21). The van der Waals surface area contributed by atoms with Crippen molar-refractivity contribution in [3.8, 4) is 11.5 Å². The van der Waals surface area contributed by atoms with Gasteiger partial charge >= 0.3 is 6.61 Å². The molecule has 0 bridgehead atoms. The number of hydrogen-bond acceptors (Lipinski definition) is 4. The fourth-order valence-corrected chi connectivity index (χ4v) is 1.89. The molecule has 2 N–H and O–H groups in total. The average molecular weight is 322 g/mol. The van der Waals surface area contributed by atoms with Gasteiger partial charge in [0.1, 0.15) is 11.5 Å². The van der Waals surface area contributed by atoms with Crippen molar-refractivity contribution in [2.45, 2.75) is 6.61 Å². The minimum absolute atomic E-state index is 0.0170. The molecule has 0 spiro atoms. The predicted octanol–water partition coefficient (Wildman–Crippen LogP) is 3.35. The molecule has 0 fully saturated rings. The molecule has 7 heteroatoms. The minimum Gasteiger partial charge on any atom is -0.497 e. The van der Waals surface area contributed by atoms with E-state index in [1.165, 1.54) is 13.2 Å². The highest BCUT2D eigenvalue weighted by Crippen LogP contribution is 2.25. The van der Waals surface area contributed by atoms with Crippen molar-refractivity contribution in [3.63, 3.8) is 0 Å². The van der Waals surface area contributed by atoms with Crippen molar-refractivity contribution in [2.75, 3.05) is 24.3 Å². The number of carbonyl (C=O) groups excluding carboxylic acids is 1. The van der Waals surface area contributed by atoms with Crippen LogP contribution in [-0.2, 0) is 4.79 Å². The highest BCUT2D eigenvalue weighted by Gasteiger charge is 2.10. The number of amides is 1. The van der Waals surface area contributed by atoms with Gasteiger partial charge in [0, 0.05) is 11.8 Å². The molecule has 0 aliphatic heterocycles. The molecule has 0 saturated carbocycles. The second-order valence-electron chi connectivity index (χ2n) is 4.51. The second kappa shape index (κ2) is 7.98. The van der Waals surface area contributed by atoms with Crippen LogP contribution in [-0.4, -0.2) is 26.2 Å². The van der Waals surface area contributed by atoms with Crippen molar-refractivity contribution < 1.29 is 23.0 Å². The van der Waals surface area contributed by atoms with Crippen LogP contribution in [0.4, 0.5) is 20.2 Å². The van der Waals surface area contributed by atoms with E-state index >= 15 is 0 Å². The van der Waals surface area contributed by atoms with Crippen molar-refractivity contribution in [2.24, 2.45) is 0 Å². The fourth-order valence-electron chi connectivity index (χ4n) is 1.89. The maximum atomic E-state index is 12.3. The van der Waals surface area contributed by atoms with Gasteiger partial charge in [-0.25, -0.2) is 0 Å².